The van der Waals surface area contributed by atoms with Gasteiger partial charge >= 0.3 is 5.97 Å². The van der Waals surface area contributed by atoms with Crippen molar-refractivity contribution in [1.29, 1.82) is 0 Å². The molecular weight excluding hydrogens is 428 g/mol. The highest BCUT2D eigenvalue weighted by molar-refractivity contribution is 7.15. The summed E-state index contributed by atoms with van der Waals surface area (Å²) < 4.78 is 6.74. The Bertz CT molecular complexity index is 1380. The third kappa shape index (κ3) is 4.02. The molecule has 1 N–H and O–H groups in total. The van der Waals surface area contributed by atoms with Crippen LogP contribution in [0.1, 0.15) is 22.4 Å². The summed E-state index contributed by atoms with van der Waals surface area (Å²) in [6.45, 7) is 3.23. The maximum absolute atomic E-state index is 13.2. The number of ether oxygens (including phenoxy) is 1. The van der Waals surface area contributed by atoms with Crippen LogP contribution >= 0.6 is 11.3 Å². The lowest BCUT2D eigenvalue weighted by Crippen LogP contribution is -2.32. The Labute approximate surface area is 187 Å². The quantitative estimate of drug-likeness (QED) is 0.469. The van der Waals surface area contributed by atoms with Crippen molar-refractivity contribution in [3.63, 3.8) is 0 Å². The standard InChI is InChI=1S/C23H20N4O4S/c1-13(20(28)24-23-26-25-14(2)32-23)31-22(30)19-18(15-9-5-4-6-10-15)16-11-7-8-12-17(16)21(29)27(19)3/h4-13H,1-3H3,(H,24,26,28). The second-order valence-corrected chi connectivity index (χ2v) is 8.34. The van der Waals surface area contributed by atoms with Crippen LogP contribution in [0.5, 0.6) is 0 Å². The van der Waals surface area contributed by atoms with E-state index < -0.39 is 18.0 Å². The number of benzene rings is 2. The van der Waals surface area contributed by atoms with Gasteiger partial charge in [0.15, 0.2) is 6.10 Å². The van der Waals surface area contributed by atoms with Crippen LogP contribution in [0, 0.1) is 6.92 Å². The molecule has 2 heterocycles. The van der Waals surface area contributed by atoms with Crippen LogP contribution in [-0.2, 0) is 16.6 Å². The van der Waals surface area contributed by atoms with Gasteiger partial charge in [0.1, 0.15) is 10.7 Å². The summed E-state index contributed by atoms with van der Waals surface area (Å²) in [5, 5.41) is 12.4. The van der Waals surface area contributed by atoms with Crippen molar-refractivity contribution in [2.45, 2.75) is 20.0 Å². The second kappa shape index (κ2) is 8.72. The number of carbonyl (C=O) groups excluding carboxylic acids is 2. The van der Waals surface area contributed by atoms with Crippen molar-refractivity contribution in [3.05, 3.63) is 75.7 Å². The lowest BCUT2D eigenvalue weighted by atomic mass is 9.97. The van der Waals surface area contributed by atoms with E-state index in [2.05, 4.69) is 15.5 Å². The van der Waals surface area contributed by atoms with Crippen LogP contribution in [0.3, 0.4) is 0 Å². The number of hydrogen-bond donors (Lipinski definition) is 1. The zero-order chi connectivity index (χ0) is 22.8. The highest BCUT2D eigenvalue weighted by Gasteiger charge is 2.26. The van der Waals surface area contributed by atoms with E-state index in [1.54, 1.807) is 25.1 Å². The predicted molar refractivity (Wildman–Crippen MR) is 123 cm³/mol. The summed E-state index contributed by atoms with van der Waals surface area (Å²) in [6.07, 6.45) is -1.11. The SMILES string of the molecule is Cc1nnc(NC(=O)C(C)OC(=O)c2c(-c3ccccc3)c3ccccc3c(=O)n2C)s1. The first-order chi connectivity index (χ1) is 15.4. The van der Waals surface area contributed by atoms with Crippen molar-refractivity contribution >= 4 is 39.1 Å². The van der Waals surface area contributed by atoms with Crippen LogP contribution in [0.2, 0.25) is 0 Å². The third-order valence-electron chi connectivity index (χ3n) is 4.97. The molecule has 9 heteroatoms. The average molecular weight is 449 g/mol. The van der Waals surface area contributed by atoms with E-state index in [9.17, 15) is 14.4 Å². The molecule has 1 amide bonds. The Morgan fingerprint density at radius 1 is 1.03 bits per heavy atom. The molecule has 8 nitrogen and oxygen atoms in total. The van der Waals surface area contributed by atoms with Gasteiger partial charge in [-0.05, 0) is 30.9 Å². The van der Waals surface area contributed by atoms with Gasteiger partial charge in [0, 0.05) is 18.0 Å². The number of nitrogens with one attached hydrogen (secondary N) is 1. The van der Waals surface area contributed by atoms with E-state index in [1.165, 1.54) is 29.9 Å². The molecule has 2 aromatic heterocycles. The fraction of sp³-hybridized carbons (Fsp3) is 0.174. The summed E-state index contributed by atoms with van der Waals surface area (Å²) in [5.74, 6) is -1.31. The molecule has 4 rings (SSSR count). The number of carbonyl (C=O) groups is 2. The molecule has 0 spiro atoms. The van der Waals surface area contributed by atoms with Crippen LogP contribution < -0.4 is 10.9 Å². The molecule has 162 valence electrons. The first kappa shape index (κ1) is 21.4. The number of hydrogen-bond acceptors (Lipinski definition) is 7. The molecule has 1 atom stereocenters. The van der Waals surface area contributed by atoms with Crippen molar-refractivity contribution in [2.24, 2.45) is 7.05 Å². The molecule has 0 fully saturated rings. The van der Waals surface area contributed by atoms with E-state index in [0.717, 1.165) is 5.56 Å². The zero-order valence-electron chi connectivity index (χ0n) is 17.7. The van der Waals surface area contributed by atoms with Gasteiger partial charge in [-0.15, -0.1) is 10.2 Å². The van der Waals surface area contributed by atoms with E-state index in [1.807, 2.05) is 36.4 Å². The highest BCUT2D eigenvalue weighted by Crippen LogP contribution is 2.31. The molecule has 32 heavy (non-hydrogen) atoms. The number of rotatable bonds is 5. The Morgan fingerprint density at radius 2 is 1.69 bits per heavy atom. The number of amides is 1. The largest absolute Gasteiger partial charge is 0.448 e. The minimum absolute atomic E-state index is 0.0753. The van der Waals surface area contributed by atoms with E-state index in [0.29, 0.717) is 26.5 Å². The van der Waals surface area contributed by atoms with Gasteiger partial charge in [-0.25, -0.2) is 4.79 Å². The third-order valence-corrected chi connectivity index (χ3v) is 5.72. The predicted octanol–water partition coefficient (Wildman–Crippen LogP) is 3.55. The normalized spacial score (nSPS) is 11.8. The maximum atomic E-state index is 13.2. The number of fused-ring (bicyclic) bond motifs is 1. The van der Waals surface area contributed by atoms with Crippen LogP contribution in [-0.4, -0.2) is 32.7 Å². The van der Waals surface area contributed by atoms with Crippen molar-refractivity contribution in [1.82, 2.24) is 14.8 Å². The number of nitrogens with zero attached hydrogens (tertiary/aromatic N) is 3. The van der Waals surface area contributed by atoms with Gasteiger partial charge in [0.2, 0.25) is 5.13 Å². The first-order valence-electron chi connectivity index (χ1n) is 9.86. The first-order valence-corrected chi connectivity index (χ1v) is 10.7. The molecule has 1 unspecified atom stereocenters. The number of aryl methyl sites for hydroxylation is 1. The van der Waals surface area contributed by atoms with E-state index in [4.69, 9.17) is 4.74 Å². The van der Waals surface area contributed by atoms with Crippen LogP contribution in [0.25, 0.3) is 21.9 Å². The van der Waals surface area contributed by atoms with E-state index in [-0.39, 0.29) is 11.3 Å². The minimum Gasteiger partial charge on any atom is -0.448 e. The summed E-state index contributed by atoms with van der Waals surface area (Å²) in [4.78, 5) is 38.7. The number of aromatic nitrogens is 3. The number of esters is 1. The van der Waals surface area contributed by atoms with Crippen molar-refractivity contribution in [2.75, 3.05) is 5.32 Å². The Kier molecular flexibility index (Phi) is 5.83. The topological polar surface area (TPSA) is 103 Å². The van der Waals surface area contributed by atoms with Crippen molar-refractivity contribution in [3.8, 4) is 11.1 Å². The summed E-state index contributed by atoms with van der Waals surface area (Å²) in [6, 6.07) is 16.4. The molecule has 0 aliphatic heterocycles. The Balaban J connectivity index is 1.74. The molecule has 0 saturated heterocycles. The highest BCUT2D eigenvalue weighted by atomic mass is 32.1. The lowest BCUT2D eigenvalue weighted by molar-refractivity contribution is -0.123. The molecule has 0 radical (unpaired) electrons. The molecule has 0 aliphatic carbocycles. The number of pyridine rings is 1. The zero-order valence-corrected chi connectivity index (χ0v) is 18.5. The summed E-state index contributed by atoms with van der Waals surface area (Å²) in [7, 11) is 1.52. The summed E-state index contributed by atoms with van der Waals surface area (Å²) >= 11 is 1.21. The van der Waals surface area contributed by atoms with Gasteiger partial charge in [0.05, 0.1) is 0 Å². The van der Waals surface area contributed by atoms with E-state index >= 15 is 0 Å². The van der Waals surface area contributed by atoms with Crippen LogP contribution in [0.15, 0.2) is 59.4 Å². The summed E-state index contributed by atoms with van der Waals surface area (Å²) in [5.41, 5.74) is 1.08. The maximum Gasteiger partial charge on any atom is 0.356 e. The average Bonchev–Trinajstić information content (AvgIpc) is 3.20. The fourth-order valence-corrected chi connectivity index (χ4v) is 4.02. The molecule has 0 saturated carbocycles. The fourth-order valence-electron chi connectivity index (χ4n) is 3.43. The van der Waals surface area contributed by atoms with Gasteiger partial charge in [0.25, 0.3) is 11.5 Å². The Hall–Kier alpha value is -3.85. The molecule has 4 aromatic rings. The minimum atomic E-state index is -1.11. The molecule has 0 bridgehead atoms. The monoisotopic (exact) mass is 448 g/mol. The van der Waals surface area contributed by atoms with Gasteiger partial charge in [-0.2, -0.15) is 0 Å². The second-order valence-electron chi connectivity index (χ2n) is 7.16. The molecule has 0 aliphatic rings. The van der Waals surface area contributed by atoms with Crippen molar-refractivity contribution < 1.29 is 14.3 Å². The smallest absolute Gasteiger partial charge is 0.356 e. The van der Waals surface area contributed by atoms with Gasteiger partial charge in [-0.1, -0.05) is 59.9 Å². The lowest BCUT2D eigenvalue weighted by Gasteiger charge is -2.18. The van der Waals surface area contributed by atoms with Gasteiger partial charge in [-0.3, -0.25) is 14.9 Å². The molecular formula is C23H20N4O4S. The molecule has 2 aromatic carbocycles. The number of anilines is 1. The van der Waals surface area contributed by atoms with Gasteiger partial charge < -0.3 is 9.30 Å². The Morgan fingerprint density at radius 3 is 2.34 bits per heavy atom. The van der Waals surface area contributed by atoms with Crippen LogP contribution in [0.4, 0.5) is 5.13 Å².